The summed E-state index contributed by atoms with van der Waals surface area (Å²) in [6.45, 7) is 4.12. The van der Waals surface area contributed by atoms with Gasteiger partial charge in [-0.1, -0.05) is 154 Å². The highest BCUT2D eigenvalue weighted by Gasteiger charge is 2.16. The van der Waals surface area contributed by atoms with Crippen molar-refractivity contribution in [3.8, 4) is 0 Å². The number of unbranched alkanes of at least 4 members (excludes halogenated alkanes) is 24. The lowest BCUT2D eigenvalue weighted by molar-refractivity contribution is -0.161. The van der Waals surface area contributed by atoms with Gasteiger partial charge >= 0.3 is 11.9 Å². The van der Waals surface area contributed by atoms with Gasteiger partial charge in [-0.05, 0) is 64.2 Å². The van der Waals surface area contributed by atoms with Crippen LogP contribution in [0.25, 0.3) is 0 Å². The van der Waals surface area contributed by atoms with Gasteiger partial charge in [0.15, 0.2) is 6.10 Å². The van der Waals surface area contributed by atoms with Gasteiger partial charge in [-0.3, -0.25) is 9.59 Å². The first-order valence-electron chi connectivity index (χ1n) is 19.9. The molecule has 0 heterocycles. The number of hydrogen-bond acceptors (Lipinski definition) is 5. The first kappa shape index (κ1) is 44.4. The fourth-order valence-electron chi connectivity index (χ4n) is 5.66. The lowest BCUT2D eigenvalue weighted by Gasteiger charge is -2.15. The zero-order valence-corrected chi connectivity index (χ0v) is 30.6. The fourth-order valence-corrected chi connectivity index (χ4v) is 5.66. The minimum atomic E-state index is -0.771. The number of esters is 2. The Morgan fingerprint density at radius 2 is 0.804 bits per heavy atom. The molecule has 0 aliphatic heterocycles. The minimum Gasteiger partial charge on any atom is -0.462 e. The molecule has 0 aliphatic rings. The third kappa shape index (κ3) is 35.2. The molecule has 0 bridgehead atoms. The number of aliphatic hydroxyl groups is 1. The van der Waals surface area contributed by atoms with E-state index in [9.17, 15) is 14.7 Å². The van der Waals surface area contributed by atoms with Gasteiger partial charge in [0.2, 0.25) is 0 Å². The summed E-state index contributed by atoms with van der Waals surface area (Å²) >= 11 is 0. The van der Waals surface area contributed by atoms with Crippen LogP contribution in [-0.2, 0) is 19.1 Å². The van der Waals surface area contributed by atoms with Crippen LogP contribution in [0.4, 0.5) is 0 Å². The van der Waals surface area contributed by atoms with E-state index in [1.165, 1.54) is 141 Å². The lowest BCUT2D eigenvalue weighted by Crippen LogP contribution is -2.28. The molecular weight excluding hydrogens is 572 g/mol. The van der Waals surface area contributed by atoms with Crippen molar-refractivity contribution in [2.24, 2.45) is 0 Å². The highest BCUT2D eigenvalue weighted by atomic mass is 16.6. The molecule has 270 valence electrons. The summed E-state index contributed by atoms with van der Waals surface area (Å²) in [5.74, 6) is -0.596. The molecule has 0 radical (unpaired) electrons. The van der Waals surface area contributed by atoms with E-state index < -0.39 is 6.10 Å². The second kappa shape index (κ2) is 37.8. The van der Waals surface area contributed by atoms with Crippen molar-refractivity contribution in [2.45, 2.75) is 213 Å². The van der Waals surface area contributed by atoms with Gasteiger partial charge in [0, 0.05) is 12.8 Å². The Morgan fingerprint density at radius 3 is 1.20 bits per heavy atom. The predicted molar refractivity (Wildman–Crippen MR) is 196 cm³/mol. The molecule has 5 heteroatoms. The van der Waals surface area contributed by atoms with Crippen molar-refractivity contribution in [3.63, 3.8) is 0 Å². The van der Waals surface area contributed by atoms with Crippen LogP contribution in [0.15, 0.2) is 24.3 Å². The van der Waals surface area contributed by atoms with Crippen LogP contribution < -0.4 is 0 Å². The minimum absolute atomic E-state index is 0.0670. The summed E-state index contributed by atoms with van der Waals surface area (Å²) < 4.78 is 10.6. The Bertz CT molecular complexity index is 701. The lowest BCUT2D eigenvalue weighted by atomic mass is 10.1. The monoisotopic (exact) mass is 649 g/mol. The summed E-state index contributed by atoms with van der Waals surface area (Å²) in [7, 11) is 0. The number of allylic oxidation sites excluding steroid dienone is 4. The third-order valence-corrected chi connectivity index (χ3v) is 8.72. The van der Waals surface area contributed by atoms with Crippen molar-refractivity contribution < 1.29 is 24.2 Å². The predicted octanol–water partition coefficient (Wildman–Crippen LogP) is 12.3. The molecule has 1 atom stereocenters. The van der Waals surface area contributed by atoms with Crippen molar-refractivity contribution in [2.75, 3.05) is 13.2 Å². The number of carbonyl (C=O) groups excluding carboxylic acids is 2. The van der Waals surface area contributed by atoms with Crippen LogP contribution in [0.2, 0.25) is 0 Å². The maximum absolute atomic E-state index is 12.2. The van der Waals surface area contributed by atoms with Crippen LogP contribution in [0.1, 0.15) is 206 Å². The molecule has 0 spiro atoms. The average molecular weight is 649 g/mol. The largest absolute Gasteiger partial charge is 0.462 e. The number of carbonyl (C=O) groups is 2. The van der Waals surface area contributed by atoms with E-state index in [2.05, 4.69) is 38.2 Å². The quantitative estimate of drug-likeness (QED) is 0.0416. The van der Waals surface area contributed by atoms with E-state index in [0.717, 1.165) is 38.5 Å². The third-order valence-electron chi connectivity index (χ3n) is 8.72. The SMILES string of the molecule is CCCCCC/C=C/CCCCCCCCCC(=O)OC[C@H](CO)OC(=O)CCCCCCCCC/C=C/CCCCCCCC. The smallest absolute Gasteiger partial charge is 0.306 e. The van der Waals surface area contributed by atoms with Crippen molar-refractivity contribution >= 4 is 11.9 Å². The Hall–Kier alpha value is -1.62. The van der Waals surface area contributed by atoms with E-state index >= 15 is 0 Å². The molecule has 0 aromatic carbocycles. The molecule has 0 unspecified atom stereocenters. The van der Waals surface area contributed by atoms with E-state index in [1.54, 1.807) is 0 Å². The zero-order valence-electron chi connectivity index (χ0n) is 30.6. The Morgan fingerprint density at radius 1 is 0.478 bits per heavy atom. The van der Waals surface area contributed by atoms with Gasteiger partial charge in [0.05, 0.1) is 6.61 Å². The second-order valence-electron chi connectivity index (χ2n) is 13.4. The molecule has 0 saturated carbocycles. The first-order chi connectivity index (χ1) is 22.6. The number of hydrogen-bond donors (Lipinski definition) is 1. The van der Waals surface area contributed by atoms with Gasteiger partial charge in [-0.25, -0.2) is 0 Å². The van der Waals surface area contributed by atoms with Crippen LogP contribution in [0, 0.1) is 0 Å². The maximum atomic E-state index is 12.2. The van der Waals surface area contributed by atoms with Crippen LogP contribution >= 0.6 is 0 Å². The maximum Gasteiger partial charge on any atom is 0.306 e. The average Bonchev–Trinajstić information content (AvgIpc) is 3.06. The van der Waals surface area contributed by atoms with Crippen molar-refractivity contribution in [1.82, 2.24) is 0 Å². The van der Waals surface area contributed by atoms with Gasteiger partial charge in [0.1, 0.15) is 6.61 Å². The van der Waals surface area contributed by atoms with E-state index in [-0.39, 0.29) is 25.2 Å². The van der Waals surface area contributed by atoms with Crippen molar-refractivity contribution in [3.05, 3.63) is 24.3 Å². The van der Waals surface area contributed by atoms with Gasteiger partial charge in [-0.15, -0.1) is 0 Å². The second-order valence-corrected chi connectivity index (χ2v) is 13.4. The number of rotatable bonds is 36. The van der Waals surface area contributed by atoms with Gasteiger partial charge in [-0.2, -0.15) is 0 Å². The van der Waals surface area contributed by atoms with Crippen molar-refractivity contribution in [1.29, 1.82) is 0 Å². The molecule has 0 saturated heterocycles. The van der Waals surface area contributed by atoms with Crippen LogP contribution in [-0.4, -0.2) is 36.4 Å². The normalized spacial score (nSPS) is 12.3. The molecular formula is C41H76O5. The summed E-state index contributed by atoms with van der Waals surface area (Å²) in [6.07, 6.45) is 43.8. The topological polar surface area (TPSA) is 72.8 Å². The molecule has 1 N–H and O–H groups in total. The van der Waals surface area contributed by atoms with Gasteiger partial charge < -0.3 is 14.6 Å². The molecule has 5 nitrogen and oxygen atoms in total. The Balaban J connectivity index is 3.55. The Labute approximate surface area is 285 Å². The highest BCUT2D eigenvalue weighted by Crippen LogP contribution is 2.13. The molecule has 0 rings (SSSR count). The summed E-state index contributed by atoms with van der Waals surface area (Å²) in [5, 5.41) is 9.55. The molecule has 0 aliphatic carbocycles. The molecule has 46 heavy (non-hydrogen) atoms. The summed E-state index contributed by atoms with van der Waals surface area (Å²) in [6, 6.07) is 0. The highest BCUT2D eigenvalue weighted by molar-refractivity contribution is 5.70. The molecule has 0 amide bonds. The number of aliphatic hydroxyl groups excluding tert-OH is 1. The number of ether oxygens (including phenoxy) is 2. The first-order valence-corrected chi connectivity index (χ1v) is 19.9. The standard InChI is InChI=1S/C41H76O5/c1-3-5-7-9-11-13-15-17-19-20-22-24-26-28-30-32-34-36-41(44)46-39(37-42)38-45-40(43)35-33-31-29-27-25-23-21-18-16-14-12-10-8-6-4-2/h14,16-17,19,39,42H,3-13,15,18,20-38H2,1-2H3/b16-14+,19-17+/t39-/m0/s1. The molecule has 0 fully saturated rings. The molecule has 0 aromatic heterocycles. The summed E-state index contributed by atoms with van der Waals surface area (Å²) in [4.78, 5) is 24.2. The van der Waals surface area contributed by atoms with Crippen LogP contribution in [0.5, 0.6) is 0 Å². The van der Waals surface area contributed by atoms with E-state index in [1.807, 2.05) is 0 Å². The van der Waals surface area contributed by atoms with Gasteiger partial charge in [0.25, 0.3) is 0 Å². The summed E-state index contributed by atoms with van der Waals surface area (Å²) in [5.41, 5.74) is 0. The zero-order chi connectivity index (χ0) is 33.6. The molecule has 0 aromatic rings. The van der Waals surface area contributed by atoms with E-state index in [4.69, 9.17) is 9.47 Å². The van der Waals surface area contributed by atoms with Crippen LogP contribution in [0.3, 0.4) is 0 Å². The fraction of sp³-hybridized carbons (Fsp3) is 0.854. The van der Waals surface area contributed by atoms with E-state index in [0.29, 0.717) is 12.8 Å². The Kier molecular flexibility index (Phi) is 36.5.